The Bertz CT molecular complexity index is 1140. The van der Waals surface area contributed by atoms with Crippen molar-refractivity contribution in [2.75, 3.05) is 39.5 Å². The summed E-state index contributed by atoms with van der Waals surface area (Å²) >= 11 is 0. The molecule has 198 valence electrons. The van der Waals surface area contributed by atoms with E-state index in [-0.39, 0.29) is 43.1 Å². The van der Waals surface area contributed by atoms with E-state index >= 15 is 0 Å². The quantitative estimate of drug-likeness (QED) is 0.568. The van der Waals surface area contributed by atoms with Gasteiger partial charge in [0.2, 0.25) is 6.79 Å². The van der Waals surface area contributed by atoms with Gasteiger partial charge in [0, 0.05) is 37.8 Å². The van der Waals surface area contributed by atoms with Crippen LogP contribution in [0.15, 0.2) is 42.5 Å². The summed E-state index contributed by atoms with van der Waals surface area (Å²) in [6, 6.07) is 14.6. The summed E-state index contributed by atoms with van der Waals surface area (Å²) in [4.78, 5) is 29.4. The molecule has 6 rings (SSSR count). The Balaban J connectivity index is 0.00000280. The molecule has 8 nitrogen and oxygen atoms in total. The molecule has 0 aromatic heterocycles. The number of piperidine rings is 1. The third-order valence-corrected chi connectivity index (χ3v) is 8.18. The molecule has 0 aliphatic carbocycles. The summed E-state index contributed by atoms with van der Waals surface area (Å²) < 4.78 is 11.2. The lowest BCUT2D eigenvalue weighted by Crippen LogP contribution is -2.54. The molecule has 4 heterocycles. The number of halogens is 1. The van der Waals surface area contributed by atoms with Crippen LogP contribution in [0.5, 0.6) is 11.5 Å². The largest absolute Gasteiger partial charge is 0.454 e. The van der Waals surface area contributed by atoms with E-state index in [1.165, 1.54) is 5.56 Å². The van der Waals surface area contributed by atoms with Crippen LogP contribution in [-0.4, -0.2) is 67.3 Å². The predicted molar refractivity (Wildman–Crippen MR) is 143 cm³/mol. The normalized spacial score (nSPS) is 22.2. The SMILES string of the molecule is Cl.O=C1NC(CC(CCN2CCC(N3CCCNC3=O)CC2)c2ccc3c(c2)OCO3)c2ccccc21. The van der Waals surface area contributed by atoms with Gasteiger partial charge in [0.15, 0.2) is 11.5 Å². The first kappa shape index (κ1) is 25.7. The molecule has 0 spiro atoms. The molecule has 37 heavy (non-hydrogen) atoms. The highest BCUT2D eigenvalue weighted by molar-refractivity contribution is 5.99. The lowest BCUT2D eigenvalue weighted by atomic mass is 9.86. The zero-order valence-electron chi connectivity index (χ0n) is 21.0. The molecule has 0 saturated carbocycles. The lowest BCUT2D eigenvalue weighted by Gasteiger charge is -2.40. The van der Waals surface area contributed by atoms with Gasteiger partial charge in [-0.1, -0.05) is 24.3 Å². The Morgan fingerprint density at radius 3 is 2.65 bits per heavy atom. The maximum Gasteiger partial charge on any atom is 0.317 e. The van der Waals surface area contributed by atoms with E-state index in [0.29, 0.717) is 6.04 Å². The molecule has 2 atom stereocenters. The van der Waals surface area contributed by atoms with E-state index in [1.807, 2.05) is 29.2 Å². The Hall–Kier alpha value is -2.97. The highest BCUT2D eigenvalue weighted by atomic mass is 35.5. The number of nitrogens with zero attached hydrogens (tertiary/aromatic N) is 2. The van der Waals surface area contributed by atoms with Gasteiger partial charge in [0.25, 0.3) is 5.91 Å². The Kier molecular flexibility index (Phi) is 7.76. The zero-order valence-corrected chi connectivity index (χ0v) is 21.8. The summed E-state index contributed by atoms with van der Waals surface area (Å²) in [5, 5.41) is 6.19. The number of amides is 3. The molecule has 4 aliphatic heterocycles. The minimum atomic E-state index is 0. The van der Waals surface area contributed by atoms with Gasteiger partial charge >= 0.3 is 6.03 Å². The van der Waals surface area contributed by atoms with Gasteiger partial charge in [-0.05, 0) is 73.9 Å². The standard InChI is InChI=1S/C28H34N4O4.ClH/c33-27-23-5-2-1-4-22(23)24(30-27)16-20(19-6-7-25-26(17-19)36-18-35-25)8-13-31-14-9-21(10-15-31)32-12-3-11-29-28(32)34;/h1-2,4-7,17,20-21,24H,3,8-16,18H2,(H,29,34)(H,30,33);1H. The van der Waals surface area contributed by atoms with E-state index < -0.39 is 0 Å². The van der Waals surface area contributed by atoms with Gasteiger partial charge in [-0.3, -0.25) is 4.79 Å². The molecule has 3 amide bonds. The number of nitrogens with one attached hydrogen (secondary N) is 2. The highest BCUT2D eigenvalue weighted by Crippen LogP contribution is 2.40. The van der Waals surface area contributed by atoms with Crippen LogP contribution in [0.4, 0.5) is 4.79 Å². The fourth-order valence-corrected chi connectivity index (χ4v) is 6.17. The van der Waals surface area contributed by atoms with Gasteiger partial charge in [0.05, 0.1) is 6.04 Å². The minimum absolute atomic E-state index is 0. The second-order valence-corrected chi connectivity index (χ2v) is 10.3. The maximum atomic E-state index is 12.5. The molecular weight excluding hydrogens is 492 g/mol. The molecule has 2 unspecified atom stereocenters. The first-order valence-electron chi connectivity index (χ1n) is 13.2. The predicted octanol–water partition coefficient (Wildman–Crippen LogP) is 4.07. The van der Waals surface area contributed by atoms with E-state index in [0.717, 1.165) is 87.5 Å². The smallest absolute Gasteiger partial charge is 0.317 e. The number of hydrogen-bond donors (Lipinski definition) is 2. The topological polar surface area (TPSA) is 83.1 Å². The lowest BCUT2D eigenvalue weighted by molar-refractivity contribution is 0.0953. The molecule has 2 aromatic rings. The first-order chi connectivity index (χ1) is 17.7. The number of hydrogen-bond acceptors (Lipinski definition) is 5. The number of rotatable bonds is 7. The summed E-state index contributed by atoms with van der Waals surface area (Å²) in [6.07, 6.45) is 4.90. The number of ether oxygens (including phenoxy) is 2. The Morgan fingerprint density at radius 1 is 1.00 bits per heavy atom. The number of likely N-dealkylation sites (tertiary alicyclic amines) is 1. The van der Waals surface area contributed by atoms with Crippen LogP contribution in [0.3, 0.4) is 0 Å². The van der Waals surface area contributed by atoms with Crippen molar-refractivity contribution in [1.82, 2.24) is 20.4 Å². The van der Waals surface area contributed by atoms with Crippen LogP contribution in [0.25, 0.3) is 0 Å². The molecular formula is C28H35ClN4O4. The molecule has 0 bridgehead atoms. The average Bonchev–Trinajstić information content (AvgIpc) is 3.51. The number of benzene rings is 2. The minimum Gasteiger partial charge on any atom is -0.454 e. The fourth-order valence-electron chi connectivity index (χ4n) is 6.17. The highest BCUT2D eigenvalue weighted by Gasteiger charge is 2.32. The third kappa shape index (κ3) is 5.36. The Morgan fingerprint density at radius 2 is 1.81 bits per heavy atom. The summed E-state index contributed by atoms with van der Waals surface area (Å²) in [6.45, 7) is 4.93. The second-order valence-electron chi connectivity index (χ2n) is 10.3. The third-order valence-electron chi connectivity index (χ3n) is 8.18. The molecule has 2 aromatic carbocycles. The van der Waals surface area contributed by atoms with Crippen molar-refractivity contribution in [1.29, 1.82) is 0 Å². The maximum absolute atomic E-state index is 12.5. The van der Waals surface area contributed by atoms with Crippen LogP contribution in [0.2, 0.25) is 0 Å². The van der Waals surface area contributed by atoms with Crippen molar-refractivity contribution in [2.24, 2.45) is 0 Å². The number of carbonyl (C=O) groups is 2. The van der Waals surface area contributed by atoms with Crippen molar-refractivity contribution >= 4 is 24.3 Å². The summed E-state index contributed by atoms with van der Waals surface area (Å²) in [5.41, 5.74) is 3.10. The van der Waals surface area contributed by atoms with Crippen LogP contribution < -0.4 is 20.1 Å². The molecule has 2 fully saturated rings. The van der Waals surface area contributed by atoms with Crippen LogP contribution in [0.1, 0.15) is 65.5 Å². The van der Waals surface area contributed by atoms with Gasteiger partial charge in [0.1, 0.15) is 0 Å². The van der Waals surface area contributed by atoms with E-state index in [4.69, 9.17) is 9.47 Å². The fraction of sp³-hybridized carbons (Fsp3) is 0.500. The molecule has 0 radical (unpaired) electrons. The summed E-state index contributed by atoms with van der Waals surface area (Å²) in [7, 11) is 0. The van der Waals surface area contributed by atoms with Gasteiger partial charge < -0.3 is 29.9 Å². The van der Waals surface area contributed by atoms with E-state index in [2.05, 4.69) is 33.7 Å². The average molecular weight is 527 g/mol. The van der Waals surface area contributed by atoms with Crippen molar-refractivity contribution in [3.05, 3.63) is 59.2 Å². The van der Waals surface area contributed by atoms with Crippen LogP contribution in [0, 0.1) is 0 Å². The summed E-state index contributed by atoms with van der Waals surface area (Å²) in [5.74, 6) is 1.88. The molecule has 9 heteroatoms. The van der Waals surface area contributed by atoms with E-state index in [9.17, 15) is 9.59 Å². The van der Waals surface area contributed by atoms with Crippen molar-refractivity contribution in [3.63, 3.8) is 0 Å². The van der Waals surface area contributed by atoms with Crippen LogP contribution >= 0.6 is 12.4 Å². The molecule has 2 saturated heterocycles. The zero-order chi connectivity index (χ0) is 24.5. The van der Waals surface area contributed by atoms with Crippen molar-refractivity contribution in [2.45, 2.75) is 50.1 Å². The number of urea groups is 1. The number of fused-ring (bicyclic) bond motifs is 2. The van der Waals surface area contributed by atoms with Gasteiger partial charge in [-0.2, -0.15) is 0 Å². The van der Waals surface area contributed by atoms with Gasteiger partial charge in [-0.25, -0.2) is 4.79 Å². The molecule has 2 N–H and O–H groups in total. The van der Waals surface area contributed by atoms with Crippen LogP contribution in [-0.2, 0) is 0 Å². The second kappa shape index (κ2) is 11.2. The molecule has 4 aliphatic rings. The van der Waals surface area contributed by atoms with Crippen molar-refractivity contribution < 1.29 is 19.1 Å². The van der Waals surface area contributed by atoms with E-state index in [1.54, 1.807) is 0 Å². The first-order valence-corrected chi connectivity index (χ1v) is 13.2. The number of carbonyl (C=O) groups excluding carboxylic acids is 2. The van der Waals surface area contributed by atoms with Gasteiger partial charge in [-0.15, -0.1) is 12.4 Å². The monoisotopic (exact) mass is 526 g/mol. The Labute approximate surface area is 224 Å². The van der Waals surface area contributed by atoms with Crippen molar-refractivity contribution in [3.8, 4) is 11.5 Å².